The molecule has 3 N–H and O–H groups in total. The Morgan fingerprint density at radius 1 is 1.15 bits per heavy atom. The number of nitrogens with zero attached hydrogens (tertiary/aromatic N) is 2. The maximum Gasteiger partial charge on any atom is 0.321 e. The number of amides is 2. The summed E-state index contributed by atoms with van der Waals surface area (Å²) in [5, 5.41) is 14.8. The van der Waals surface area contributed by atoms with Crippen molar-refractivity contribution in [3.8, 4) is 22.4 Å². The first-order chi connectivity index (χ1) is 15.9. The van der Waals surface area contributed by atoms with E-state index in [4.69, 9.17) is 0 Å². The molecular formula is C24H21FN4O3S. The highest BCUT2D eigenvalue weighted by atomic mass is 32.1. The Hall–Kier alpha value is -3.85. The van der Waals surface area contributed by atoms with Crippen molar-refractivity contribution in [1.29, 1.82) is 0 Å². The van der Waals surface area contributed by atoms with E-state index in [0.29, 0.717) is 39.2 Å². The van der Waals surface area contributed by atoms with Gasteiger partial charge in [-0.05, 0) is 43.2 Å². The third kappa shape index (κ3) is 4.54. The summed E-state index contributed by atoms with van der Waals surface area (Å²) in [6.45, 7) is 3.85. The van der Waals surface area contributed by atoms with Gasteiger partial charge in [0.25, 0.3) is 0 Å². The zero-order chi connectivity index (χ0) is 23.5. The van der Waals surface area contributed by atoms with Gasteiger partial charge in [-0.25, -0.2) is 14.2 Å². The van der Waals surface area contributed by atoms with Gasteiger partial charge >= 0.3 is 12.0 Å². The number of pyridine rings is 1. The van der Waals surface area contributed by atoms with E-state index in [0.717, 1.165) is 0 Å². The first kappa shape index (κ1) is 22.3. The van der Waals surface area contributed by atoms with E-state index in [1.165, 1.54) is 11.3 Å². The lowest BCUT2D eigenvalue weighted by atomic mass is 9.96. The molecule has 9 heteroatoms. The lowest BCUT2D eigenvalue weighted by Gasteiger charge is -2.11. The van der Waals surface area contributed by atoms with Crippen LogP contribution in [0.25, 0.3) is 32.6 Å². The minimum absolute atomic E-state index is 0.132. The molecule has 0 aliphatic rings. The molecule has 2 heterocycles. The third-order valence-electron chi connectivity index (χ3n) is 5.20. The highest BCUT2D eigenvalue weighted by Crippen LogP contribution is 2.40. The molecule has 0 radical (unpaired) electrons. The van der Waals surface area contributed by atoms with E-state index in [-0.39, 0.29) is 10.6 Å². The van der Waals surface area contributed by atoms with Crippen LogP contribution in [0.4, 0.5) is 14.3 Å². The molecule has 0 saturated heterocycles. The van der Waals surface area contributed by atoms with Gasteiger partial charge < -0.3 is 10.4 Å². The van der Waals surface area contributed by atoms with Gasteiger partial charge in [-0.15, -0.1) is 0 Å². The molecule has 0 fully saturated rings. The van der Waals surface area contributed by atoms with Gasteiger partial charge in [0.05, 0.1) is 16.3 Å². The van der Waals surface area contributed by atoms with Crippen molar-refractivity contribution >= 4 is 38.7 Å². The molecule has 2 amide bonds. The SMILES string of the molecule is CCNC(=O)Nc1nc2c(F)c(-c3ccc(C(C)C(=O)O)cc3)cc(-c3ccccn3)c2s1. The summed E-state index contributed by atoms with van der Waals surface area (Å²) in [5.74, 6) is -2.12. The number of carboxylic acids is 1. The van der Waals surface area contributed by atoms with Crippen LogP contribution in [0.2, 0.25) is 0 Å². The number of benzene rings is 2. The Morgan fingerprint density at radius 3 is 2.55 bits per heavy atom. The molecular weight excluding hydrogens is 443 g/mol. The van der Waals surface area contributed by atoms with Gasteiger partial charge in [-0.1, -0.05) is 41.7 Å². The molecule has 0 aliphatic heterocycles. The van der Waals surface area contributed by atoms with Crippen LogP contribution in [-0.4, -0.2) is 33.6 Å². The van der Waals surface area contributed by atoms with E-state index in [9.17, 15) is 14.7 Å². The van der Waals surface area contributed by atoms with Gasteiger partial charge in [0.15, 0.2) is 10.9 Å². The second-order valence-electron chi connectivity index (χ2n) is 7.36. The molecule has 2 aromatic heterocycles. The standard InChI is InChI=1S/C24H21FN4O3S/c1-3-26-23(32)29-24-28-20-19(25)16(15-9-7-14(8-10-15)13(2)22(30)31)12-17(21(20)33-24)18-6-4-5-11-27-18/h4-13H,3H2,1-2H3,(H,30,31)(H2,26,28,29,32). The summed E-state index contributed by atoms with van der Waals surface area (Å²) >= 11 is 1.17. The monoisotopic (exact) mass is 464 g/mol. The molecule has 0 bridgehead atoms. The van der Waals surface area contributed by atoms with Crippen molar-refractivity contribution in [3.63, 3.8) is 0 Å². The number of aromatic nitrogens is 2. The molecule has 0 aliphatic carbocycles. The molecule has 4 rings (SSSR count). The molecule has 1 unspecified atom stereocenters. The van der Waals surface area contributed by atoms with Crippen LogP contribution in [0.15, 0.2) is 54.7 Å². The van der Waals surface area contributed by atoms with Gasteiger partial charge in [0, 0.05) is 23.9 Å². The Morgan fingerprint density at radius 2 is 1.91 bits per heavy atom. The number of thiazole rings is 1. The fourth-order valence-electron chi connectivity index (χ4n) is 3.42. The molecule has 4 aromatic rings. The van der Waals surface area contributed by atoms with Crippen molar-refractivity contribution in [2.75, 3.05) is 11.9 Å². The number of carbonyl (C=O) groups is 2. The van der Waals surface area contributed by atoms with Crippen LogP contribution in [0, 0.1) is 5.82 Å². The number of carbonyl (C=O) groups excluding carboxylic acids is 1. The van der Waals surface area contributed by atoms with E-state index < -0.39 is 23.7 Å². The minimum atomic E-state index is -0.928. The first-order valence-electron chi connectivity index (χ1n) is 10.3. The van der Waals surface area contributed by atoms with Crippen LogP contribution < -0.4 is 10.6 Å². The Kier molecular flexibility index (Phi) is 6.32. The van der Waals surface area contributed by atoms with Crippen LogP contribution in [-0.2, 0) is 4.79 Å². The second kappa shape index (κ2) is 9.33. The molecule has 1 atom stereocenters. The largest absolute Gasteiger partial charge is 0.481 e. The molecule has 2 aromatic carbocycles. The van der Waals surface area contributed by atoms with Crippen molar-refractivity contribution in [2.24, 2.45) is 0 Å². The highest BCUT2D eigenvalue weighted by Gasteiger charge is 2.21. The number of urea groups is 1. The number of nitrogens with one attached hydrogen (secondary N) is 2. The maximum atomic E-state index is 15.6. The average Bonchev–Trinajstić information content (AvgIpc) is 3.23. The van der Waals surface area contributed by atoms with Crippen molar-refractivity contribution in [1.82, 2.24) is 15.3 Å². The Bertz CT molecular complexity index is 1320. The predicted octanol–water partition coefficient (Wildman–Crippen LogP) is 5.49. The molecule has 0 saturated carbocycles. The van der Waals surface area contributed by atoms with Gasteiger partial charge in [0.2, 0.25) is 0 Å². The van der Waals surface area contributed by atoms with E-state index >= 15 is 4.39 Å². The summed E-state index contributed by atoms with van der Waals surface area (Å²) in [6, 6.07) is 13.5. The molecule has 7 nitrogen and oxygen atoms in total. The quantitative estimate of drug-likeness (QED) is 0.350. The third-order valence-corrected chi connectivity index (χ3v) is 6.20. The summed E-state index contributed by atoms with van der Waals surface area (Å²) in [6.07, 6.45) is 1.65. The van der Waals surface area contributed by atoms with Crippen molar-refractivity contribution in [3.05, 3.63) is 66.1 Å². The summed E-state index contributed by atoms with van der Waals surface area (Å²) in [4.78, 5) is 32.0. The van der Waals surface area contributed by atoms with Gasteiger partial charge in [-0.3, -0.25) is 15.1 Å². The predicted molar refractivity (Wildman–Crippen MR) is 127 cm³/mol. The molecule has 0 spiro atoms. The Balaban J connectivity index is 1.86. The van der Waals surface area contributed by atoms with Gasteiger partial charge in [0.1, 0.15) is 5.52 Å². The van der Waals surface area contributed by atoms with Gasteiger partial charge in [-0.2, -0.15) is 0 Å². The highest BCUT2D eigenvalue weighted by molar-refractivity contribution is 7.22. The topological polar surface area (TPSA) is 104 Å². The zero-order valence-corrected chi connectivity index (χ0v) is 18.7. The van der Waals surface area contributed by atoms with E-state index in [1.54, 1.807) is 56.4 Å². The average molecular weight is 465 g/mol. The summed E-state index contributed by atoms with van der Waals surface area (Å²) < 4.78 is 16.2. The Labute approximate surface area is 193 Å². The fraction of sp³-hybridized carbons (Fsp3) is 0.167. The number of fused-ring (bicyclic) bond motifs is 1. The normalized spacial score (nSPS) is 11.8. The number of anilines is 1. The summed E-state index contributed by atoms with van der Waals surface area (Å²) in [5.41, 5.74) is 2.99. The number of carboxylic acid groups (broad SMARTS) is 1. The van der Waals surface area contributed by atoms with Crippen LogP contribution in [0.5, 0.6) is 0 Å². The number of hydrogen-bond donors (Lipinski definition) is 3. The maximum absolute atomic E-state index is 15.6. The van der Waals surface area contributed by atoms with Crippen LogP contribution >= 0.6 is 11.3 Å². The smallest absolute Gasteiger partial charge is 0.321 e. The number of aliphatic carboxylic acids is 1. The minimum Gasteiger partial charge on any atom is -0.481 e. The van der Waals surface area contributed by atoms with Crippen molar-refractivity contribution in [2.45, 2.75) is 19.8 Å². The van der Waals surface area contributed by atoms with Crippen molar-refractivity contribution < 1.29 is 19.1 Å². The molecule has 168 valence electrons. The first-order valence-corrected chi connectivity index (χ1v) is 11.1. The van der Waals surface area contributed by atoms with Crippen LogP contribution in [0.3, 0.4) is 0 Å². The number of rotatable bonds is 6. The van der Waals surface area contributed by atoms with E-state index in [2.05, 4.69) is 20.6 Å². The number of hydrogen-bond acceptors (Lipinski definition) is 5. The summed E-state index contributed by atoms with van der Waals surface area (Å²) in [7, 11) is 0. The second-order valence-corrected chi connectivity index (χ2v) is 8.36. The number of halogens is 1. The van der Waals surface area contributed by atoms with E-state index in [1.807, 2.05) is 12.1 Å². The molecule has 33 heavy (non-hydrogen) atoms. The zero-order valence-electron chi connectivity index (χ0n) is 17.9. The lowest BCUT2D eigenvalue weighted by molar-refractivity contribution is -0.138. The fourth-order valence-corrected chi connectivity index (χ4v) is 4.40. The van der Waals surface area contributed by atoms with Crippen LogP contribution in [0.1, 0.15) is 25.3 Å². The lowest BCUT2D eigenvalue weighted by Crippen LogP contribution is -2.28.